The Bertz CT molecular complexity index is 1320. The van der Waals surface area contributed by atoms with Crippen LogP contribution in [-0.4, -0.2) is 35.7 Å². The van der Waals surface area contributed by atoms with Gasteiger partial charge in [0.2, 0.25) is 6.01 Å². The van der Waals surface area contributed by atoms with Gasteiger partial charge in [-0.15, -0.1) is 0 Å². The van der Waals surface area contributed by atoms with Crippen LogP contribution in [0, 0.1) is 23.5 Å². The fourth-order valence-corrected chi connectivity index (χ4v) is 7.62. The Morgan fingerprint density at radius 1 is 1.09 bits per heavy atom. The molecular formula is C21H19ClF3NO5S2. The minimum atomic E-state index is -4.29. The number of halogens is 4. The summed E-state index contributed by atoms with van der Waals surface area (Å²) in [5, 5.41) is 0.307. The summed E-state index contributed by atoms with van der Waals surface area (Å²) in [4.78, 5) is -0.111. The first-order chi connectivity index (χ1) is 15.5. The maximum atomic E-state index is 15.1. The van der Waals surface area contributed by atoms with Gasteiger partial charge in [0, 0.05) is 17.2 Å². The quantitative estimate of drug-likeness (QED) is 0.543. The van der Waals surface area contributed by atoms with Crippen molar-refractivity contribution in [3.05, 3.63) is 58.6 Å². The number of hydrogen-bond donors (Lipinski definition) is 0. The summed E-state index contributed by atoms with van der Waals surface area (Å²) in [6.07, 6.45) is 1.09. The van der Waals surface area contributed by atoms with Crippen molar-refractivity contribution < 1.29 is 34.7 Å². The molecule has 0 spiro atoms. The van der Waals surface area contributed by atoms with Crippen LogP contribution in [0.15, 0.2) is 45.7 Å². The zero-order valence-electron chi connectivity index (χ0n) is 17.0. The molecule has 1 aliphatic carbocycles. The van der Waals surface area contributed by atoms with Gasteiger partial charge >= 0.3 is 0 Å². The van der Waals surface area contributed by atoms with Gasteiger partial charge in [0.1, 0.15) is 10.6 Å². The van der Waals surface area contributed by atoms with Crippen LogP contribution in [0.5, 0.6) is 5.75 Å². The average Bonchev–Trinajstić information content (AvgIpc) is 2.79. The Labute approximate surface area is 194 Å². The normalized spacial score (nSPS) is 25.3. The molecule has 1 saturated carbocycles. The highest BCUT2D eigenvalue weighted by molar-refractivity contribution is 7.92. The van der Waals surface area contributed by atoms with E-state index in [1.807, 2.05) is 0 Å². The maximum absolute atomic E-state index is 15.1. The Morgan fingerprint density at radius 3 is 2.42 bits per heavy atom. The van der Waals surface area contributed by atoms with E-state index in [4.69, 9.17) is 16.3 Å². The fraction of sp³-hybridized carbons (Fsp3) is 0.381. The number of sulfonamides is 1. The van der Waals surface area contributed by atoms with Gasteiger partial charge in [0.05, 0.1) is 17.1 Å². The minimum Gasteiger partial charge on any atom is -0.490 e. The Balaban J connectivity index is 1.87. The Hall–Kier alpha value is -2.11. The summed E-state index contributed by atoms with van der Waals surface area (Å²) < 4.78 is 100.0. The maximum Gasteiger partial charge on any atom is 0.282 e. The van der Waals surface area contributed by atoms with Crippen molar-refractivity contribution in [1.29, 1.82) is 0 Å². The van der Waals surface area contributed by atoms with Gasteiger partial charge < -0.3 is 4.74 Å². The summed E-state index contributed by atoms with van der Waals surface area (Å²) >= 11 is 5.90. The first-order valence-electron chi connectivity index (χ1n) is 9.97. The summed E-state index contributed by atoms with van der Waals surface area (Å²) in [6.45, 7) is -0.236. The minimum absolute atomic E-state index is 0.0630. The summed E-state index contributed by atoms with van der Waals surface area (Å²) in [7, 11) is -8.56. The molecule has 0 radical (unpaired) electrons. The molecule has 3 atom stereocenters. The molecule has 0 N–H and O–H groups in total. The van der Waals surface area contributed by atoms with Crippen molar-refractivity contribution in [3.63, 3.8) is 0 Å². The number of rotatable bonds is 5. The van der Waals surface area contributed by atoms with Crippen LogP contribution in [0.3, 0.4) is 0 Å². The van der Waals surface area contributed by atoms with Crippen LogP contribution >= 0.6 is 11.6 Å². The number of alkyl halides is 1. The van der Waals surface area contributed by atoms with E-state index in [1.54, 1.807) is 0 Å². The van der Waals surface area contributed by atoms with Crippen molar-refractivity contribution in [2.24, 2.45) is 16.2 Å². The van der Waals surface area contributed by atoms with E-state index >= 15 is 4.39 Å². The third-order valence-electron chi connectivity index (χ3n) is 6.22. The van der Waals surface area contributed by atoms with Crippen molar-refractivity contribution in [3.8, 4) is 5.75 Å². The molecule has 1 unspecified atom stereocenters. The van der Waals surface area contributed by atoms with E-state index in [9.17, 15) is 25.6 Å². The zero-order valence-corrected chi connectivity index (χ0v) is 19.4. The largest absolute Gasteiger partial charge is 0.490 e. The van der Waals surface area contributed by atoms with Gasteiger partial charge in [-0.3, -0.25) is 0 Å². The predicted octanol–water partition coefficient (Wildman–Crippen LogP) is 4.42. The van der Waals surface area contributed by atoms with E-state index in [-0.39, 0.29) is 36.3 Å². The third kappa shape index (κ3) is 4.04. The second kappa shape index (κ2) is 8.59. The number of hydrogen-bond acceptors (Lipinski definition) is 5. The van der Waals surface area contributed by atoms with Crippen molar-refractivity contribution >= 4 is 37.7 Å². The van der Waals surface area contributed by atoms with Crippen molar-refractivity contribution in [2.45, 2.75) is 28.9 Å². The van der Waals surface area contributed by atoms with Crippen LogP contribution in [-0.2, 0) is 24.6 Å². The first-order valence-corrected chi connectivity index (χ1v) is 13.4. The van der Waals surface area contributed by atoms with Gasteiger partial charge in [-0.1, -0.05) is 11.6 Å². The number of nitrogens with zero attached hydrogens (tertiary/aromatic N) is 1. The summed E-state index contributed by atoms with van der Waals surface area (Å²) in [6, 6.07) is 5.46. The molecule has 4 rings (SSSR count). The molecule has 2 aromatic carbocycles. The number of fused-ring (bicyclic) bond motifs is 3. The van der Waals surface area contributed by atoms with Gasteiger partial charge in [-0.05, 0) is 61.6 Å². The SMILES string of the molecule is O=S(=O)(CF)/N=C\C1CC[C@@]2(S(=O)(=O)c3ccc(Cl)cc3)c3c(F)ccc(F)c3OC[C@H]2C1. The van der Waals surface area contributed by atoms with Crippen LogP contribution in [0.25, 0.3) is 0 Å². The van der Waals surface area contributed by atoms with Crippen LogP contribution < -0.4 is 4.74 Å². The number of ether oxygens (including phenoxy) is 1. The van der Waals surface area contributed by atoms with Crippen LogP contribution in [0.1, 0.15) is 24.8 Å². The lowest BCUT2D eigenvalue weighted by atomic mass is 9.69. The molecule has 33 heavy (non-hydrogen) atoms. The van der Waals surface area contributed by atoms with E-state index in [2.05, 4.69) is 4.40 Å². The standard InChI is InChI=1S/C21H19ClF3NO5S2/c22-15-1-3-16(4-2-15)33(29,30)21-8-7-13(10-26-32(27,28)12-23)9-14(21)11-31-20-18(25)6-5-17(24)19(20)21/h1-6,10,13-14H,7-9,11-12H2/b26-10-/t13?,14-,21+/m1/s1. The second-order valence-electron chi connectivity index (χ2n) is 8.07. The van der Waals surface area contributed by atoms with Crippen molar-refractivity contribution in [2.75, 3.05) is 12.6 Å². The molecular weight excluding hydrogens is 503 g/mol. The van der Waals surface area contributed by atoms with Crippen LogP contribution in [0.2, 0.25) is 5.02 Å². The molecule has 0 aromatic heterocycles. The highest BCUT2D eigenvalue weighted by Crippen LogP contribution is 2.57. The fourth-order valence-electron chi connectivity index (χ4n) is 4.72. The molecule has 2 aromatic rings. The average molecular weight is 522 g/mol. The molecule has 6 nitrogen and oxygen atoms in total. The molecule has 1 aliphatic heterocycles. The van der Waals surface area contributed by atoms with Crippen molar-refractivity contribution in [1.82, 2.24) is 0 Å². The molecule has 1 fully saturated rings. The Morgan fingerprint density at radius 2 is 1.76 bits per heavy atom. The van der Waals surface area contributed by atoms with Gasteiger partial charge in [-0.25, -0.2) is 30.0 Å². The lowest BCUT2D eigenvalue weighted by Gasteiger charge is -2.48. The highest BCUT2D eigenvalue weighted by atomic mass is 35.5. The van der Waals surface area contributed by atoms with Gasteiger partial charge in [-0.2, -0.15) is 4.40 Å². The van der Waals surface area contributed by atoms with Gasteiger partial charge in [0.15, 0.2) is 21.4 Å². The monoisotopic (exact) mass is 521 g/mol. The van der Waals surface area contributed by atoms with E-state index in [1.165, 1.54) is 24.3 Å². The van der Waals surface area contributed by atoms with Gasteiger partial charge in [0.25, 0.3) is 10.0 Å². The summed E-state index contributed by atoms with van der Waals surface area (Å²) in [5.74, 6) is -3.61. The Kier molecular flexibility index (Phi) is 6.25. The second-order valence-corrected chi connectivity index (χ2v) is 12.3. The smallest absolute Gasteiger partial charge is 0.282 e. The molecule has 1 heterocycles. The number of benzene rings is 2. The van der Waals surface area contributed by atoms with Crippen LogP contribution in [0.4, 0.5) is 13.2 Å². The summed E-state index contributed by atoms with van der Waals surface area (Å²) in [5.41, 5.74) is -0.375. The van der Waals surface area contributed by atoms with E-state index in [0.29, 0.717) is 5.02 Å². The molecule has 0 saturated heterocycles. The molecule has 178 valence electrons. The lowest BCUT2D eigenvalue weighted by molar-refractivity contribution is 0.114. The van der Waals surface area contributed by atoms with E-state index in [0.717, 1.165) is 18.3 Å². The third-order valence-corrected chi connectivity index (χ3v) is 9.78. The number of sulfone groups is 1. The molecule has 12 heteroatoms. The molecule has 0 bridgehead atoms. The topological polar surface area (TPSA) is 89.9 Å². The predicted molar refractivity (Wildman–Crippen MR) is 116 cm³/mol. The first kappa shape index (κ1) is 24.0. The molecule has 0 amide bonds. The lowest BCUT2D eigenvalue weighted by Crippen LogP contribution is -2.52. The molecule has 2 aliphatic rings. The highest BCUT2D eigenvalue weighted by Gasteiger charge is 2.59. The van der Waals surface area contributed by atoms with E-state index < -0.39 is 59.8 Å². The zero-order chi connectivity index (χ0) is 24.0.